The zero-order chi connectivity index (χ0) is 12.8. The molecular formula is C15H26N2O. The summed E-state index contributed by atoms with van der Waals surface area (Å²) in [4.78, 5) is 2.39. The second-order valence-corrected chi connectivity index (χ2v) is 5.48. The van der Waals surface area contributed by atoms with Crippen molar-refractivity contribution in [2.75, 3.05) is 20.1 Å². The van der Waals surface area contributed by atoms with E-state index in [9.17, 15) is 0 Å². The molecule has 1 heterocycles. The largest absolute Gasteiger partial charge is 0.468 e. The fraction of sp³-hybridized carbons (Fsp3) is 0.733. The van der Waals surface area contributed by atoms with Crippen LogP contribution in [0.1, 0.15) is 38.4 Å². The summed E-state index contributed by atoms with van der Waals surface area (Å²) >= 11 is 0. The highest BCUT2D eigenvalue weighted by Gasteiger charge is 2.25. The number of nitrogens with zero attached hydrogens (tertiary/aromatic N) is 1. The predicted octanol–water partition coefficient (Wildman–Crippen LogP) is 2.88. The van der Waals surface area contributed by atoms with E-state index in [-0.39, 0.29) is 0 Å². The van der Waals surface area contributed by atoms with Crippen LogP contribution >= 0.6 is 0 Å². The summed E-state index contributed by atoms with van der Waals surface area (Å²) in [5.74, 6) is 1.85. The Morgan fingerprint density at radius 3 is 2.94 bits per heavy atom. The topological polar surface area (TPSA) is 28.4 Å². The Hall–Kier alpha value is -0.800. The Labute approximate surface area is 111 Å². The third-order valence-corrected chi connectivity index (χ3v) is 3.93. The molecule has 1 aromatic heterocycles. The van der Waals surface area contributed by atoms with Crippen LogP contribution in [0.2, 0.25) is 0 Å². The lowest BCUT2D eigenvalue weighted by Crippen LogP contribution is -2.43. The van der Waals surface area contributed by atoms with Gasteiger partial charge in [0.1, 0.15) is 5.76 Å². The monoisotopic (exact) mass is 250 g/mol. The van der Waals surface area contributed by atoms with Crippen LogP contribution in [0.25, 0.3) is 0 Å². The average Bonchev–Trinajstić information content (AvgIpc) is 2.84. The smallest absolute Gasteiger partial charge is 0.117 e. The van der Waals surface area contributed by atoms with Gasteiger partial charge in [-0.15, -0.1) is 0 Å². The third-order valence-electron chi connectivity index (χ3n) is 3.93. The molecule has 3 heteroatoms. The zero-order valence-electron chi connectivity index (χ0n) is 11.7. The SMILES string of the molecule is CCNC1CCCCC1CN(C)Cc1ccco1. The highest BCUT2D eigenvalue weighted by Crippen LogP contribution is 2.25. The van der Waals surface area contributed by atoms with Crippen molar-refractivity contribution in [1.82, 2.24) is 10.2 Å². The van der Waals surface area contributed by atoms with Crippen LogP contribution in [0.3, 0.4) is 0 Å². The van der Waals surface area contributed by atoms with Crippen LogP contribution in [0, 0.1) is 5.92 Å². The molecule has 0 aliphatic heterocycles. The van der Waals surface area contributed by atoms with Gasteiger partial charge in [-0.25, -0.2) is 0 Å². The highest BCUT2D eigenvalue weighted by atomic mass is 16.3. The lowest BCUT2D eigenvalue weighted by molar-refractivity contribution is 0.179. The first-order valence-corrected chi connectivity index (χ1v) is 7.24. The zero-order valence-corrected chi connectivity index (χ0v) is 11.7. The first kappa shape index (κ1) is 13.6. The van der Waals surface area contributed by atoms with E-state index in [2.05, 4.69) is 30.3 Å². The molecule has 2 unspecified atom stereocenters. The first-order chi connectivity index (χ1) is 8.79. The standard InChI is InChI=1S/C15H26N2O/c1-3-16-15-9-5-4-7-13(15)11-17(2)12-14-8-6-10-18-14/h6,8,10,13,15-16H,3-5,7,9,11-12H2,1-2H3. The van der Waals surface area contributed by atoms with E-state index < -0.39 is 0 Å². The van der Waals surface area contributed by atoms with Gasteiger partial charge in [0.2, 0.25) is 0 Å². The van der Waals surface area contributed by atoms with Gasteiger partial charge in [0, 0.05) is 12.6 Å². The summed E-state index contributed by atoms with van der Waals surface area (Å²) in [7, 11) is 2.19. The fourth-order valence-corrected chi connectivity index (χ4v) is 3.09. The second kappa shape index (κ2) is 6.95. The molecule has 0 amide bonds. The third kappa shape index (κ3) is 3.85. The molecule has 18 heavy (non-hydrogen) atoms. The molecule has 1 aliphatic rings. The maximum Gasteiger partial charge on any atom is 0.117 e. The molecule has 2 atom stereocenters. The number of rotatable bonds is 6. The minimum absolute atomic E-state index is 0.711. The lowest BCUT2D eigenvalue weighted by atomic mass is 9.84. The molecule has 0 spiro atoms. The van der Waals surface area contributed by atoms with Gasteiger partial charge in [-0.2, -0.15) is 0 Å². The molecule has 0 saturated heterocycles. The quantitative estimate of drug-likeness (QED) is 0.841. The number of hydrogen-bond acceptors (Lipinski definition) is 3. The molecule has 0 radical (unpaired) electrons. The average molecular weight is 250 g/mol. The molecule has 0 aromatic carbocycles. The summed E-state index contributed by atoms with van der Waals surface area (Å²) in [6.07, 6.45) is 7.23. The summed E-state index contributed by atoms with van der Waals surface area (Å²) in [5, 5.41) is 3.65. The van der Waals surface area contributed by atoms with E-state index in [1.807, 2.05) is 6.07 Å². The number of nitrogens with one attached hydrogen (secondary N) is 1. The van der Waals surface area contributed by atoms with Crippen molar-refractivity contribution in [1.29, 1.82) is 0 Å². The number of hydrogen-bond donors (Lipinski definition) is 1. The van der Waals surface area contributed by atoms with E-state index in [0.29, 0.717) is 6.04 Å². The Morgan fingerprint density at radius 2 is 2.22 bits per heavy atom. The van der Waals surface area contributed by atoms with Gasteiger partial charge in [-0.1, -0.05) is 19.8 Å². The Balaban J connectivity index is 1.82. The molecule has 1 N–H and O–H groups in total. The molecule has 2 rings (SSSR count). The molecule has 0 bridgehead atoms. The van der Waals surface area contributed by atoms with Crippen LogP contribution in [0.15, 0.2) is 22.8 Å². The Kier molecular flexibility index (Phi) is 5.26. The van der Waals surface area contributed by atoms with Crippen molar-refractivity contribution in [2.24, 2.45) is 5.92 Å². The molecule has 102 valence electrons. The van der Waals surface area contributed by atoms with E-state index in [4.69, 9.17) is 4.42 Å². The Bertz CT molecular complexity index is 321. The second-order valence-electron chi connectivity index (χ2n) is 5.48. The van der Waals surface area contributed by atoms with Gasteiger partial charge in [0.25, 0.3) is 0 Å². The fourth-order valence-electron chi connectivity index (χ4n) is 3.09. The van der Waals surface area contributed by atoms with Crippen LogP contribution < -0.4 is 5.32 Å². The van der Waals surface area contributed by atoms with Gasteiger partial charge in [-0.05, 0) is 44.5 Å². The first-order valence-electron chi connectivity index (χ1n) is 7.24. The maximum atomic E-state index is 5.41. The van der Waals surface area contributed by atoms with Crippen molar-refractivity contribution in [3.63, 3.8) is 0 Å². The van der Waals surface area contributed by atoms with E-state index in [1.54, 1.807) is 6.26 Å². The van der Waals surface area contributed by atoms with Crippen molar-refractivity contribution in [3.8, 4) is 0 Å². The number of furan rings is 1. The van der Waals surface area contributed by atoms with Crippen molar-refractivity contribution >= 4 is 0 Å². The van der Waals surface area contributed by atoms with Gasteiger partial charge >= 0.3 is 0 Å². The maximum absolute atomic E-state index is 5.41. The van der Waals surface area contributed by atoms with E-state index >= 15 is 0 Å². The van der Waals surface area contributed by atoms with Crippen molar-refractivity contribution in [3.05, 3.63) is 24.2 Å². The normalized spacial score (nSPS) is 24.6. The molecule has 3 nitrogen and oxygen atoms in total. The molecule has 1 saturated carbocycles. The van der Waals surface area contributed by atoms with Crippen LogP contribution in [-0.4, -0.2) is 31.1 Å². The van der Waals surface area contributed by atoms with Gasteiger partial charge < -0.3 is 9.73 Å². The van der Waals surface area contributed by atoms with Crippen LogP contribution in [-0.2, 0) is 6.54 Å². The molecular weight excluding hydrogens is 224 g/mol. The molecule has 1 fully saturated rings. The predicted molar refractivity (Wildman–Crippen MR) is 74.5 cm³/mol. The van der Waals surface area contributed by atoms with E-state index in [0.717, 1.165) is 24.8 Å². The van der Waals surface area contributed by atoms with Gasteiger partial charge in [0.05, 0.1) is 12.8 Å². The lowest BCUT2D eigenvalue weighted by Gasteiger charge is -2.34. The van der Waals surface area contributed by atoms with Gasteiger partial charge in [0.15, 0.2) is 0 Å². The van der Waals surface area contributed by atoms with E-state index in [1.165, 1.54) is 32.2 Å². The Morgan fingerprint density at radius 1 is 1.39 bits per heavy atom. The minimum atomic E-state index is 0.711. The highest BCUT2D eigenvalue weighted by molar-refractivity contribution is 4.97. The molecule has 1 aliphatic carbocycles. The summed E-state index contributed by atoms with van der Waals surface area (Å²) in [6, 6.07) is 4.73. The summed E-state index contributed by atoms with van der Waals surface area (Å²) in [5.41, 5.74) is 0. The van der Waals surface area contributed by atoms with Crippen LogP contribution in [0.5, 0.6) is 0 Å². The molecule has 1 aromatic rings. The summed E-state index contributed by atoms with van der Waals surface area (Å²) < 4.78 is 5.41. The minimum Gasteiger partial charge on any atom is -0.468 e. The summed E-state index contributed by atoms with van der Waals surface area (Å²) in [6.45, 7) is 5.38. The van der Waals surface area contributed by atoms with Crippen molar-refractivity contribution in [2.45, 2.75) is 45.2 Å². The van der Waals surface area contributed by atoms with Gasteiger partial charge in [-0.3, -0.25) is 4.90 Å². The van der Waals surface area contributed by atoms with Crippen molar-refractivity contribution < 1.29 is 4.42 Å². The van der Waals surface area contributed by atoms with Crippen LogP contribution in [0.4, 0.5) is 0 Å².